The van der Waals surface area contributed by atoms with Crippen LogP contribution in [0.4, 0.5) is 4.39 Å². The molecule has 23 heavy (non-hydrogen) atoms. The van der Waals surface area contributed by atoms with Crippen molar-refractivity contribution in [2.45, 2.75) is 0 Å². The minimum atomic E-state index is -0.525. The van der Waals surface area contributed by atoms with E-state index in [4.69, 9.17) is 21.1 Å². The second kappa shape index (κ2) is 8.14. The van der Waals surface area contributed by atoms with E-state index in [9.17, 15) is 9.18 Å². The molecule has 2 rings (SSSR count). The molecule has 2 aromatic carbocycles. The number of amides is 1. The van der Waals surface area contributed by atoms with Gasteiger partial charge in [0.15, 0.2) is 6.61 Å². The molecule has 0 unspecified atom stereocenters. The second-order valence-electron chi connectivity index (χ2n) is 4.40. The van der Waals surface area contributed by atoms with Gasteiger partial charge in [-0.1, -0.05) is 23.7 Å². The molecule has 0 aliphatic carbocycles. The Morgan fingerprint density at radius 1 is 1.30 bits per heavy atom. The Bertz CT molecular complexity index is 702. The van der Waals surface area contributed by atoms with Crippen molar-refractivity contribution in [1.82, 2.24) is 5.43 Å². The quantitative estimate of drug-likeness (QED) is 0.651. The van der Waals surface area contributed by atoms with Crippen molar-refractivity contribution >= 4 is 23.7 Å². The number of carbonyl (C=O) groups excluding carboxylic acids is 1. The number of hydrogen-bond acceptors (Lipinski definition) is 4. The van der Waals surface area contributed by atoms with Gasteiger partial charge in [-0.05, 0) is 24.3 Å². The molecule has 0 saturated heterocycles. The standard InChI is InChI=1S/C16H14ClFN2O3/c1-22-11-4-2-5-12(8-11)23-10-16(21)20-19-9-13-14(17)6-3-7-15(13)18/h2-9H,10H2,1H3,(H,20,21)/b19-9+. The predicted molar refractivity (Wildman–Crippen MR) is 85.6 cm³/mol. The summed E-state index contributed by atoms with van der Waals surface area (Å²) in [5, 5.41) is 3.86. The van der Waals surface area contributed by atoms with Gasteiger partial charge < -0.3 is 9.47 Å². The molecule has 0 spiro atoms. The average Bonchev–Trinajstić information content (AvgIpc) is 2.56. The van der Waals surface area contributed by atoms with Gasteiger partial charge in [0.05, 0.1) is 18.3 Å². The molecule has 0 aliphatic rings. The van der Waals surface area contributed by atoms with Crippen LogP contribution in [0.3, 0.4) is 0 Å². The Labute approximate surface area is 137 Å². The zero-order valence-electron chi connectivity index (χ0n) is 12.3. The summed E-state index contributed by atoms with van der Waals surface area (Å²) < 4.78 is 23.8. The van der Waals surface area contributed by atoms with Crippen LogP contribution in [0.25, 0.3) is 0 Å². The molecule has 0 radical (unpaired) electrons. The summed E-state index contributed by atoms with van der Waals surface area (Å²) in [6.45, 7) is -0.241. The van der Waals surface area contributed by atoms with Gasteiger partial charge in [0, 0.05) is 11.6 Å². The maximum absolute atomic E-state index is 13.5. The summed E-state index contributed by atoms with van der Waals surface area (Å²) in [6.07, 6.45) is 1.14. The molecule has 0 bridgehead atoms. The highest BCUT2D eigenvalue weighted by Crippen LogP contribution is 2.18. The minimum absolute atomic E-state index is 0.100. The van der Waals surface area contributed by atoms with E-state index < -0.39 is 11.7 Å². The summed E-state index contributed by atoms with van der Waals surface area (Å²) in [4.78, 5) is 11.6. The van der Waals surface area contributed by atoms with Gasteiger partial charge >= 0.3 is 0 Å². The summed E-state index contributed by atoms with van der Waals surface area (Å²) in [6, 6.07) is 11.1. The van der Waals surface area contributed by atoms with Crippen molar-refractivity contribution in [3.8, 4) is 11.5 Å². The van der Waals surface area contributed by atoms with E-state index in [1.165, 1.54) is 25.3 Å². The maximum Gasteiger partial charge on any atom is 0.277 e. The van der Waals surface area contributed by atoms with E-state index in [-0.39, 0.29) is 17.2 Å². The smallest absolute Gasteiger partial charge is 0.277 e. The van der Waals surface area contributed by atoms with Crippen LogP contribution in [0.1, 0.15) is 5.56 Å². The number of halogens is 2. The van der Waals surface area contributed by atoms with Crippen LogP contribution in [0.5, 0.6) is 11.5 Å². The topological polar surface area (TPSA) is 59.9 Å². The minimum Gasteiger partial charge on any atom is -0.497 e. The number of hydrogen-bond donors (Lipinski definition) is 1. The highest BCUT2D eigenvalue weighted by molar-refractivity contribution is 6.33. The number of nitrogens with zero attached hydrogens (tertiary/aromatic N) is 1. The number of rotatable bonds is 6. The largest absolute Gasteiger partial charge is 0.497 e. The molecule has 0 aromatic heterocycles. The Hall–Kier alpha value is -2.60. The van der Waals surface area contributed by atoms with E-state index in [0.29, 0.717) is 11.5 Å². The lowest BCUT2D eigenvalue weighted by Crippen LogP contribution is -2.24. The molecular formula is C16H14ClFN2O3. The molecule has 0 aliphatic heterocycles. The van der Waals surface area contributed by atoms with Gasteiger partial charge in [0.25, 0.3) is 5.91 Å². The highest BCUT2D eigenvalue weighted by atomic mass is 35.5. The SMILES string of the molecule is COc1cccc(OCC(=O)N/N=C/c2c(F)cccc2Cl)c1. The van der Waals surface area contributed by atoms with Gasteiger partial charge in [0.1, 0.15) is 17.3 Å². The first-order valence-corrected chi connectivity index (χ1v) is 7.00. The lowest BCUT2D eigenvalue weighted by atomic mass is 10.2. The van der Waals surface area contributed by atoms with E-state index in [0.717, 1.165) is 6.21 Å². The third kappa shape index (κ3) is 4.96. The molecule has 0 fully saturated rings. The lowest BCUT2D eigenvalue weighted by molar-refractivity contribution is -0.123. The van der Waals surface area contributed by atoms with Crippen molar-refractivity contribution in [2.24, 2.45) is 5.10 Å². The van der Waals surface area contributed by atoms with E-state index in [1.807, 2.05) is 0 Å². The molecule has 1 amide bonds. The van der Waals surface area contributed by atoms with Gasteiger partial charge in [-0.15, -0.1) is 0 Å². The number of benzene rings is 2. The van der Waals surface area contributed by atoms with Crippen LogP contribution in [-0.2, 0) is 4.79 Å². The first kappa shape index (κ1) is 16.8. The first-order valence-electron chi connectivity index (χ1n) is 6.63. The van der Waals surface area contributed by atoms with Crippen LogP contribution < -0.4 is 14.9 Å². The number of hydrazone groups is 1. The highest BCUT2D eigenvalue weighted by Gasteiger charge is 2.05. The molecule has 1 N–H and O–H groups in total. The third-order valence-electron chi connectivity index (χ3n) is 2.79. The van der Waals surface area contributed by atoms with Crippen molar-refractivity contribution in [3.63, 3.8) is 0 Å². The predicted octanol–water partition coefficient (Wildman–Crippen LogP) is 3.02. The fourth-order valence-corrected chi connectivity index (χ4v) is 1.89. The fourth-order valence-electron chi connectivity index (χ4n) is 1.67. The Balaban J connectivity index is 1.86. The molecule has 2 aromatic rings. The zero-order chi connectivity index (χ0) is 16.7. The number of nitrogens with one attached hydrogen (secondary N) is 1. The van der Waals surface area contributed by atoms with Crippen molar-refractivity contribution in [2.75, 3.05) is 13.7 Å². The zero-order valence-corrected chi connectivity index (χ0v) is 13.0. The van der Waals surface area contributed by atoms with Crippen molar-refractivity contribution < 1.29 is 18.7 Å². The van der Waals surface area contributed by atoms with Gasteiger partial charge in [0.2, 0.25) is 0 Å². The van der Waals surface area contributed by atoms with E-state index in [1.54, 1.807) is 24.3 Å². The average molecular weight is 337 g/mol. The van der Waals surface area contributed by atoms with E-state index >= 15 is 0 Å². The summed E-state index contributed by atoms with van der Waals surface area (Å²) in [5.74, 6) is 0.0930. The molecule has 0 atom stereocenters. The van der Waals surface area contributed by atoms with Crippen LogP contribution in [0.15, 0.2) is 47.6 Å². The van der Waals surface area contributed by atoms with Crippen molar-refractivity contribution in [1.29, 1.82) is 0 Å². The summed E-state index contributed by atoms with van der Waals surface area (Å²) >= 11 is 5.83. The van der Waals surface area contributed by atoms with Crippen molar-refractivity contribution in [3.05, 3.63) is 58.9 Å². The second-order valence-corrected chi connectivity index (χ2v) is 4.80. The molecule has 0 heterocycles. The number of carbonyl (C=O) groups is 1. The van der Waals surface area contributed by atoms with Gasteiger partial charge in [-0.3, -0.25) is 4.79 Å². The summed E-state index contributed by atoms with van der Waals surface area (Å²) in [7, 11) is 1.54. The molecule has 0 saturated carbocycles. The van der Waals surface area contributed by atoms with E-state index in [2.05, 4.69) is 10.5 Å². The van der Waals surface area contributed by atoms with Gasteiger partial charge in [-0.2, -0.15) is 5.10 Å². The van der Waals surface area contributed by atoms with Crippen LogP contribution in [0.2, 0.25) is 5.02 Å². The fraction of sp³-hybridized carbons (Fsp3) is 0.125. The molecular weight excluding hydrogens is 323 g/mol. The molecule has 5 nitrogen and oxygen atoms in total. The Morgan fingerprint density at radius 3 is 2.78 bits per heavy atom. The van der Waals surface area contributed by atoms with Crippen LogP contribution in [0, 0.1) is 5.82 Å². The normalized spacial score (nSPS) is 10.6. The maximum atomic E-state index is 13.5. The lowest BCUT2D eigenvalue weighted by Gasteiger charge is -2.06. The monoisotopic (exact) mass is 336 g/mol. The Kier molecular flexibility index (Phi) is 5.94. The van der Waals surface area contributed by atoms with Gasteiger partial charge in [-0.25, -0.2) is 9.82 Å². The number of ether oxygens (including phenoxy) is 2. The molecule has 120 valence electrons. The molecule has 7 heteroatoms. The first-order chi connectivity index (χ1) is 11.1. The van der Waals surface area contributed by atoms with Crippen LogP contribution in [-0.4, -0.2) is 25.8 Å². The van der Waals surface area contributed by atoms with Crippen LogP contribution >= 0.6 is 11.6 Å². The number of methoxy groups -OCH3 is 1. The Morgan fingerprint density at radius 2 is 2.04 bits per heavy atom. The third-order valence-corrected chi connectivity index (χ3v) is 3.12. The summed E-state index contributed by atoms with van der Waals surface area (Å²) in [5.41, 5.74) is 2.33.